The van der Waals surface area contributed by atoms with E-state index < -0.39 is 22.1 Å². The molecule has 1 amide bonds. The van der Waals surface area contributed by atoms with Gasteiger partial charge in [0.05, 0.1) is 38.2 Å². The molecule has 0 spiro atoms. The van der Waals surface area contributed by atoms with E-state index in [1.807, 2.05) is 0 Å². The van der Waals surface area contributed by atoms with Gasteiger partial charge in [0.1, 0.15) is 16.3 Å². The van der Waals surface area contributed by atoms with Crippen molar-refractivity contribution < 1.29 is 70.2 Å². The Morgan fingerprint density at radius 1 is 1.32 bits per heavy atom. The number of isothiocyanates is 1. The van der Waals surface area contributed by atoms with E-state index in [1.54, 1.807) is 26.0 Å². The van der Waals surface area contributed by atoms with E-state index in [-0.39, 0.29) is 94.7 Å². The van der Waals surface area contributed by atoms with Crippen molar-refractivity contribution >= 4 is 72.9 Å². The number of nitro benzene ring substituents is 1. The predicted octanol–water partition coefficient (Wildman–Crippen LogP) is 4.09. The summed E-state index contributed by atoms with van der Waals surface area (Å²) in [7, 11) is 0. The number of nitrogens with two attached hydrogens (primary N) is 1. The number of rotatable bonds is 6. The van der Waals surface area contributed by atoms with Crippen LogP contribution < -0.4 is 67.2 Å². The summed E-state index contributed by atoms with van der Waals surface area (Å²) in [6.07, 6.45) is 0. The van der Waals surface area contributed by atoms with Gasteiger partial charge in [0, 0.05) is 6.07 Å². The molecule has 40 heavy (non-hydrogen) atoms. The molecule has 0 radical (unpaired) electrons. The molecule has 4 aromatic rings. The Morgan fingerprint density at radius 2 is 2.00 bits per heavy atom. The van der Waals surface area contributed by atoms with Crippen molar-refractivity contribution in [3.63, 3.8) is 0 Å². The van der Waals surface area contributed by atoms with Crippen LogP contribution in [0.2, 0.25) is 5.02 Å². The molecular weight excluding hydrogens is 606 g/mol. The van der Waals surface area contributed by atoms with Crippen LogP contribution in [-0.2, 0) is 5.41 Å². The second-order valence-electron chi connectivity index (χ2n) is 8.26. The number of benzene rings is 3. The normalized spacial score (nSPS) is 10.3. The maximum atomic E-state index is 14.6. The Kier molecular flexibility index (Phi) is 11.8. The van der Waals surface area contributed by atoms with Gasteiger partial charge >= 0.3 is 57.1 Å². The summed E-state index contributed by atoms with van der Waals surface area (Å²) in [6.45, 7) is 3.32. The maximum Gasteiger partial charge on any atom is 1.00 e. The van der Waals surface area contributed by atoms with E-state index >= 15 is 0 Å². The molecule has 3 N–H and O–H groups in total. The van der Waals surface area contributed by atoms with E-state index in [2.05, 4.69) is 28.6 Å². The second kappa shape index (κ2) is 14.2. The fourth-order valence-corrected chi connectivity index (χ4v) is 4.75. The maximum absolute atomic E-state index is 14.6. The molecule has 3 aromatic carbocycles. The summed E-state index contributed by atoms with van der Waals surface area (Å²) in [5.74, 6) is -1.54. The largest absolute Gasteiger partial charge is 1.00 e. The van der Waals surface area contributed by atoms with Gasteiger partial charge in [-0.25, -0.2) is 9.37 Å². The van der Waals surface area contributed by atoms with Gasteiger partial charge in [-0.3, -0.25) is 14.9 Å². The summed E-state index contributed by atoms with van der Waals surface area (Å²) >= 11 is 11.0. The number of aromatic nitrogens is 1. The quantitative estimate of drug-likeness (QED) is 0.107. The third kappa shape index (κ3) is 7.46. The van der Waals surface area contributed by atoms with Crippen LogP contribution in [0, 0.1) is 27.3 Å². The third-order valence-corrected chi connectivity index (χ3v) is 6.62. The minimum absolute atomic E-state index is 0. The van der Waals surface area contributed by atoms with Gasteiger partial charge in [-0.15, -0.1) is 0 Å². The second-order valence-corrected chi connectivity index (χ2v) is 9.85. The molecule has 0 fully saturated rings. The van der Waals surface area contributed by atoms with Crippen molar-refractivity contribution in [2.45, 2.75) is 19.3 Å². The molecule has 0 unspecified atom stereocenters. The zero-order valence-electron chi connectivity index (χ0n) is 21.2. The summed E-state index contributed by atoms with van der Waals surface area (Å²) in [5.41, 5.74) is 5.01. The van der Waals surface area contributed by atoms with Crippen LogP contribution in [-0.4, -0.2) is 21.0 Å². The molecule has 4 rings (SSSR count). The van der Waals surface area contributed by atoms with Crippen molar-refractivity contribution in [1.82, 2.24) is 4.98 Å². The Bertz CT molecular complexity index is 1690. The molecule has 0 saturated heterocycles. The number of halogens is 2. The number of anilines is 2. The number of nitro groups is 1. The van der Waals surface area contributed by atoms with E-state index in [0.29, 0.717) is 11.1 Å². The first kappa shape index (κ1) is 33.4. The number of fused-ring (bicyclic) bond motifs is 1. The number of ether oxygens (including phenoxy) is 1. The Balaban J connectivity index is 0.00000134. The first-order chi connectivity index (χ1) is 18.4. The van der Waals surface area contributed by atoms with Gasteiger partial charge in [0.2, 0.25) is 5.75 Å². The van der Waals surface area contributed by atoms with Crippen LogP contribution in [0.3, 0.4) is 0 Å². The molecular formula is C25H17ClFKN6O4S2. The van der Waals surface area contributed by atoms with Crippen molar-refractivity contribution in [3.05, 3.63) is 86.0 Å². The zero-order valence-corrected chi connectivity index (χ0v) is 26.7. The van der Waals surface area contributed by atoms with Gasteiger partial charge in [-0.05, 0) is 49.7 Å². The van der Waals surface area contributed by atoms with E-state index in [1.165, 1.54) is 35.5 Å². The standard InChI is InChI=1S/C24H17ClFN5O4S.CNS.K/c1-24(2,11-27)14-5-3-4-13(19(14)25)22(32)29-17-10-12(6-7-15(17)26)35-18-9-8-16-21(20(18)31(33)34)36-23(28)30-16;2-1-3;/h3-10H,1-2H3,(H2,28,30)(H,29,32);;/q;-1;+1. The van der Waals surface area contributed by atoms with E-state index in [9.17, 15) is 24.6 Å². The van der Waals surface area contributed by atoms with E-state index in [0.717, 1.165) is 17.4 Å². The van der Waals surface area contributed by atoms with Gasteiger partial charge in [-0.1, -0.05) is 47.3 Å². The summed E-state index contributed by atoms with van der Waals surface area (Å²) in [6, 6.07) is 13.2. The first-order valence-electron chi connectivity index (χ1n) is 10.8. The molecule has 1 aromatic heterocycles. The van der Waals surface area contributed by atoms with Crippen molar-refractivity contribution in [1.29, 1.82) is 5.26 Å². The smallest absolute Gasteiger partial charge is 0.753 e. The molecule has 15 heteroatoms. The fraction of sp³-hybridized carbons (Fsp3) is 0.120. The number of nitriles is 1. The predicted molar refractivity (Wildman–Crippen MR) is 151 cm³/mol. The number of carbonyl (C=O) groups excluding carboxylic acids is 1. The molecule has 0 atom stereocenters. The van der Waals surface area contributed by atoms with Gasteiger partial charge in [-0.2, -0.15) is 10.4 Å². The number of thiocarbonyl (C=S) groups is 1. The molecule has 198 valence electrons. The first-order valence-corrected chi connectivity index (χ1v) is 12.4. The van der Waals surface area contributed by atoms with Crippen LogP contribution in [0.15, 0.2) is 48.5 Å². The molecule has 0 aliphatic rings. The minimum Gasteiger partial charge on any atom is -0.753 e. The summed E-state index contributed by atoms with van der Waals surface area (Å²) in [5, 5.41) is 32.3. The van der Waals surface area contributed by atoms with Crippen LogP contribution >= 0.6 is 35.2 Å². The average Bonchev–Trinajstić information content (AvgIpc) is 3.26. The zero-order chi connectivity index (χ0) is 28.9. The van der Waals surface area contributed by atoms with E-state index in [4.69, 9.17) is 27.5 Å². The number of thiazole rings is 1. The van der Waals surface area contributed by atoms with Gasteiger partial charge in [0.15, 0.2) is 5.13 Å². The fourth-order valence-electron chi connectivity index (χ4n) is 3.46. The van der Waals surface area contributed by atoms with Crippen LogP contribution in [0.5, 0.6) is 11.5 Å². The Morgan fingerprint density at radius 3 is 2.62 bits per heavy atom. The number of nitrogen functional groups attached to an aromatic ring is 1. The average molecular weight is 623 g/mol. The Hall–Kier alpha value is -2.83. The van der Waals surface area contributed by atoms with Crippen molar-refractivity contribution in [3.8, 4) is 17.6 Å². The summed E-state index contributed by atoms with van der Waals surface area (Å²) in [4.78, 5) is 28.1. The Labute approximate surface area is 284 Å². The topological polar surface area (TPSA) is 166 Å². The monoisotopic (exact) mass is 622 g/mol. The number of hydrogen-bond donors (Lipinski definition) is 2. The third-order valence-electron chi connectivity index (χ3n) is 5.30. The van der Waals surface area contributed by atoms with Gasteiger partial charge < -0.3 is 21.2 Å². The SMILES string of the molecule is CC(C)(C#N)c1cccc(C(=O)Nc2cc(Oc3ccc4nc(N)sc4c3[N+](=O)[O-])ccc2F)c1Cl.[K+].[N-]=C=S. The molecule has 10 nitrogen and oxygen atoms in total. The molecule has 0 aliphatic heterocycles. The van der Waals surface area contributed by atoms with Crippen LogP contribution in [0.4, 0.5) is 20.9 Å². The van der Waals surface area contributed by atoms with Gasteiger partial charge in [0.25, 0.3) is 5.91 Å². The van der Waals surface area contributed by atoms with Crippen molar-refractivity contribution in [2.75, 3.05) is 11.1 Å². The molecule has 0 saturated carbocycles. The number of carbonyl (C=O) groups is 1. The van der Waals surface area contributed by atoms with Crippen molar-refractivity contribution in [2.24, 2.45) is 0 Å². The molecule has 1 heterocycles. The number of nitrogens with zero attached hydrogens (tertiary/aromatic N) is 4. The van der Waals surface area contributed by atoms with Crippen LogP contribution in [0.25, 0.3) is 15.6 Å². The minimum atomic E-state index is -0.953. The number of amides is 1. The van der Waals surface area contributed by atoms with Crippen LogP contribution in [0.1, 0.15) is 29.8 Å². The summed E-state index contributed by atoms with van der Waals surface area (Å²) < 4.78 is 20.5. The number of hydrogen-bond acceptors (Lipinski definition) is 9. The molecule has 0 bridgehead atoms. The number of nitrogens with one attached hydrogen (secondary N) is 1. The molecule has 0 aliphatic carbocycles.